The van der Waals surface area contributed by atoms with Gasteiger partial charge in [-0.2, -0.15) is 5.10 Å². The van der Waals surface area contributed by atoms with E-state index in [0.717, 1.165) is 31.3 Å². The lowest BCUT2D eigenvalue weighted by atomic mass is 10.1. The Morgan fingerprint density at radius 2 is 2.11 bits per heavy atom. The predicted octanol–water partition coefficient (Wildman–Crippen LogP) is 2.93. The van der Waals surface area contributed by atoms with Gasteiger partial charge in [-0.1, -0.05) is 6.07 Å². The normalized spacial score (nSPS) is 11.0. The maximum absolute atomic E-state index is 5.62. The molecule has 0 amide bonds. The van der Waals surface area contributed by atoms with E-state index in [2.05, 4.69) is 33.3 Å². The van der Waals surface area contributed by atoms with Crippen LogP contribution in [0.15, 0.2) is 37.1 Å². The van der Waals surface area contributed by atoms with Crippen molar-refractivity contribution in [1.82, 2.24) is 19.7 Å². The number of nitrogens with one attached hydrogen (secondary N) is 1. The number of aromatic amines is 1. The van der Waals surface area contributed by atoms with E-state index in [-0.39, 0.29) is 6.29 Å². The summed E-state index contributed by atoms with van der Waals surface area (Å²) in [5.41, 5.74) is 9.26. The summed E-state index contributed by atoms with van der Waals surface area (Å²) in [6, 6.07) is 6.40. The number of aromatic nitrogens is 4. The van der Waals surface area contributed by atoms with Crippen LogP contribution < -0.4 is 5.73 Å². The summed E-state index contributed by atoms with van der Waals surface area (Å²) >= 11 is 5.45. The quantitative estimate of drug-likeness (QED) is 0.431. The van der Waals surface area contributed by atoms with Gasteiger partial charge >= 0.3 is 0 Å². The van der Waals surface area contributed by atoms with E-state index in [1.165, 1.54) is 16.5 Å². The minimum absolute atomic E-state index is 0.0799. The number of H-pyrrole nitrogens is 1. The molecule has 0 bridgehead atoms. The molecule has 2 aromatic heterocycles. The summed E-state index contributed by atoms with van der Waals surface area (Å²) in [4.78, 5) is 7.22. The maximum atomic E-state index is 5.62. The summed E-state index contributed by atoms with van der Waals surface area (Å²) in [6.45, 7) is 1.41. The molecule has 0 spiro atoms. The van der Waals surface area contributed by atoms with Gasteiger partial charge in [-0.3, -0.25) is 0 Å². The van der Waals surface area contributed by atoms with E-state index in [0.29, 0.717) is 12.4 Å². The number of fused-ring (bicyclic) bond motifs is 1. The summed E-state index contributed by atoms with van der Waals surface area (Å²) in [6.07, 6.45) is 7.94. The highest BCUT2D eigenvalue weighted by Crippen LogP contribution is 2.20. The number of nitrogens with zero attached hydrogens (tertiary/aromatic N) is 3. The Labute approximate surface area is 164 Å². The zero-order valence-electron chi connectivity index (χ0n) is 15.9. The molecule has 3 N–H and O–H groups in total. The first-order valence-corrected chi connectivity index (χ1v) is 9.48. The van der Waals surface area contributed by atoms with Gasteiger partial charge in [-0.15, -0.1) is 11.6 Å². The van der Waals surface area contributed by atoms with Crippen LogP contribution in [-0.4, -0.2) is 52.7 Å². The van der Waals surface area contributed by atoms with Crippen LogP contribution in [0.25, 0.3) is 10.9 Å². The molecule has 0 atom stereocenters. The number of rotatable bonds is 9. The van der Waals surface area contributed by atoms with Crippen molar-refractivity contribution in [2.75, 3.05) is 26.6 Å². The van der Waals surface area contributed by atoms with Gasteiger partial charge in [0.15, 0.2) is 6.29 Å². The third-order valence-electron chi connectivity index (χ3n) is 4.16. The molecule has 8 heteroatoms. The van der Waals surface area contributed by atoms with Gasteiger partial charge in [0.05, 0.1) is 6.54 Å². The van der Waals surface area contributed by atoms with E-state index < -0.39 is 0 Å². The molecule has 0 saturated heterocycles. The van der Waals surface area contributed by atoms with Crippen LogP contribution in [0.3, 0.4) is 0 Å². The molecule has 0 aliphatic rings. The molecule has 0 aliphatic carbocycles. The highest BCUT2D eigenvalue weighted by molar-refractivity contribution is 6.17. The van der Waals surface area contributed by atoms with Crippen LogP contribution in [0.2, 0.25) is 0 Å². The average Bonchev–Trinajstić information content (AvgIpc) is 3.34. The van der Waals surface area contributed by atoms with Crippen molar-refractivity contribution in [3.63, 3.8) is 0 Å². The first kappa shape index (κ1) is 21.4. The third-order valence-corrected chi connectivity index (χ3v) is 4.42. The summed E-state index contributed by atoms with van der Waals surface area (Å²) in [7, 11) is 3.25. The number of benzene rings is 1. The lowest BCUT2D eigenvalue weighted by molar-refractivity contribution is -0.106. The Bertz CT molecular complexity index is 772. The number of hydrogen-bond donors (Lipinski definition) is 2. The molecule has 27 heavy (non-hydrogen) atoms. The molecular weight excluding hydrogens is 366 g/mol. The Kier molecular flexibility index (Phi) is 9.27. The maximum Gasteiger partial charge on any atom is 0.156 e. The number of ether oxygens (including phenoxy) is 2. The first-order valence-electron chi connectivity index (χ1n) is 8.94. The fraction of sp³-hybridized carbons (Fsp3) is 0.474. The van der Waals surface area contributed by atoms with Gasteiger partial charge in [0.1, 0.15) is 12.7 Å². The zero-order chi connectivity index (χ0) is 19.5. The fourth-order valence-corrected chi connectivity index (χ4v) is 2.92. The van der Waals surface area contributed by atoms with E-state index >= 15 is 0 Å². The topological polar surface area (TPSA) is 91.0 Å². The van der Waals surface area contributed by atoms with Gasteiger partial charge < -0.3 is 20.2 Å². The third kappa shape index (κ3) is 6.62. The van der Waals surface area contributed by atoms with Gasteiger partial charge in [-0.25, -0.2) is 9.67 Å². The number of nitrogens with two attached hydrogens (primary N) is 1. The average molecular weight is 394 g/mol. The van der Waals surface area contributed by atoms with E-state index in [1.807, 2.05) is 10.9 Å². The van der Waals surface area contributed by atoms with Crippen molar-refractivity contribution < 1.29 is 9.47 Å². The molecule has 0 aliphatic heterocycles. The Morgan fingerprint density at radius 3 is 2.74 bits per heavy atom. The van der Waals surface area contributed by atoms with Crippen molar-refractivity contribution >= 4 is 22.5 Å². The van der Waals surface area contributed by atoms with Crippen LogP contribution >= 0.6 is 11.6 Å². The van der Waals surface area contributed by atoms with Gasteiger partial charge in [0, 0.05) is 37.2 Å². The Morgan fingerprint density at radius 1 is 1.30 bits per heavy atom. The molecule has 3 aromatic rings. The van der Waals surface area contributed by atoms with E-state index in [9.17, 15) is 0 Å². The number of methoxy groups -OCH3 is 2. The van der Waals surface area contributed by atoms with Crippen LogP contribution in [0.5, 0.6) is 0 Å². The first-order chi connectivity index (χ1) is 13.2. The second-order valence-electron chi connectivity index (χ2n) is 6.06. The Balaban J connectivity index is 0.000000249. The molecular formula is C19H28ClN5O2. The second-order valence-corrected chi connectivity index (χ2v) is 6.44. The Hall–Kier alpha value is -1.93. The molecule has 148 valence electrons. The number of alkyl halides is 1. The van der Waals surface area contributed by atoms with Crippen molar-refractivity contribution in [1.29, 1.82) is 0 Å². The fourth-order valence-electron chi connectivity index (χ4n) is 2.76. The SMILES string of the molecule is COC(CCCCl)OC.NCCc1c[nH]c2ccc(Cn3cncn3)cc12. The van der Waals surface area contributed by atoms with E-state index in [4.69, 9.17) is 26.8 Å². The van der Waals surface area contributed by atoms with Crippen molar-refractivity contribution in [2.24, 2.45) is 5.73 Å². The van der Waals surface area contributed by atoms with Crippen LogP contribution in [0.4, 0.5) is 0 Å². The number of halogens is 1. The molecule has 7 nitrogen and oxygen atoms in total. The van der Waals surface area contributed by atoms with Crippen molar-refractivity contribution in [2.45, 2.75) is 32.1 Å². The summed E-state index contributed by atoms with van der Waals surface area (Å²) in [5.74, 6) is 0.670. The number of hydrogen-bond acceptors (Lipinski definition) is 5. The minimum Gasteiger partial charge on any atom is -0.361 e. The summed E-state index contributed by atoms with van der Waals surface area (Å²) in [5, 5.41) is 5.36. The lowest BCUT2D eigenvalue weighted by Gasteiger charge is -2.11. The van der Waals surface area contributed by atoms with Crippen LogP contribution in [-0.2, 0) is 22.4 Å². The highest BCUT2D eigenvalue weighted by atomic mass is 35.5. The molecule has 1 aromatic carbocycles. The summed E-state index contributed by atoms with van der Waals surface area (Å²) < 4.78 is 11.7. The monoisotopic (exact) mass is 393 g/mol. The molecule has 3 rings (SSSR count). The van der Waals surface area contributed by atoms with Crippen molar-refractivity contribution in [3.05, 3.63) is 48.2 Å². The largest absolute Gasteiger partial charge is 0.361 e. The molecule has 2 heterocycles. The predicted molar refractivity (Wildman–Crippen MR) is 108 cm³/mol. The highest BCUT2D eigenvalue weighted by Gasteiger charge is 2.05. The molecule has 0 fully saturated rings. The minimum atomic E-state index is -0.0799. The van der Waals surface area contributed by atoms with Gasteiger partial charge in [0.25, 0.3) is 0 Å². The van der Waals surface area contributed by atoms with Gasteiger partial charge in [-0.05, 0) is 49.1 Å². The van der Waals surface area contributed by atoms with E-state index in [1.54, 1.807) is 26.9 Å². The van der Waals surface area contributed by atoms with Crippen molar-refractivity contribution in [3.8, 4) is 0 Å². The molecule has 0 radical (unpaired) electrons. The zero-order valence-corrected chi connectivity index (χ0v) is 16.7. The van der Waals surface area contributed by atoms with Crippen LogP contribution in [0, 0.1) is 0 Å². The smallest absolute Gasteiger partial charge is 0.156 e. The van der Waals surface area contributed by atoms with Gasteiger partial charge in [0.2, 0.25) is 0 Å². The second kappa shape index (κ2) is 11.7. The van der Waals surface area contributed by atoms with Crippen LogP contribution in [0.1, 0.15) is 24.0 Å². The molecule has 0 unspecified atom stereocenters. The standard InChI is InChI=1S/C13H15N5.C6H13ClO2/c14-4-3-11-6-16-13-2-1-10(5-12(11)13)7-18-9-15-8-17-18;1-8-6(9-2)4-3-5-7/h1-2,5-6,8-9,16H,3-4,7,14H2;6H,3-5H2,1-2H3. The molecule has 0 saturated carbocycles. The lowest BCUT2D eigenvalue weighted by Crippen LogP contribution is -2.12.